The van der Waals surface area contributed by atoms with Gasteiger partial charge in [-0.3, -0.25) is 14.2 Å². The second kappa shape index (κ2) is 8.97. The average molecular weight is 466 g/mol. The number of aromatic nitrogens is 2. The standard InChI is InChI=1S/C24H27N5O3S/c1-16-7-8-18-19(13-16)33-22-21(18)23(31)29(15-25-22)14-20(30)27-9-11-28(12-10-27)24(32)26-17-5-3-2-4-6-17/h2-6,15-16H,7-14H2,1H3,(H,26,32). The lowest BCUT2D eigenvalue weighted by Gasteiger charge is -2.34. The topological polar surface area (TPSA) is 87.5 Å². The fourth-order valence-electron chi connectivity index (χ4n) is 4.61. The largest absolute Gasteiger partial charge is 0.338 e. The van der Waals surface area contributed by atoms with Crippen LogP contribution >= 0.6 is 11.3 Å². The fourth-order valence-corrected chi connectivity index (χ4v) is 5.95. The van der Waals surface area contributed by atoms with Crippen LogP contribution in [0, 0.1) is 5.92 Å². The molecule has 1 fully saturated rings. The number of nitrogens with one attached hydrogen (secondary N) is 1. The summed E-state index contributed by atoms with van der Waals surface area (Å²) in [5.74, 6) is 0.502. The molecule has 172 valence electrons. The number of anilines is 1. The van der Waals surface area contributed by atoms with Gasteiger partial charge >= 0.3 is 6.03 Å². The predicted molar refractivity (Wildman–Crippen MR) is 129 cm³/mol. The Kier molecular flexibility index (Phi) is 5.88. The van der Waals surface area contributed by atoms with E-state index in [9.17, 15) is 14.4 Å². The van der Waals surface area contributed by atoms with Gasteiger partial charge in [0.1, 0.15) is 11.4 Å². The van der Waals surface area contributed by atoms with Crippen LogP contribution in [0.5, 0.6) is 0 Å². The van der Waals surface area contributed by atoms with Crippen LogP contribution in [0.25, 0.3) is 10.2 Å². The molecule has 1 aliphatic carbocycles. The maximum atomic E-state index is 13.2. The highest BCUT2D eigenvalue weighted by Gasteiger charge is 2.26. The smallest absolute Gasteiger partial charge is 0.321 e. The van der Waals surface area contributed by atoms with Crippen LogP contribution in [0.4, 0.5) is 10.5 Å². The summed E-state index contributed by atoms with van der Waals surface area (Å²) in [5.41, 5.74) is 1.75. The number of amides is 3. The third kappa shape index (κ3) is 4.37. The van der Waals surface area contributed by atoms with Gasteiger partial charge in [0.15, 0.2) is 0 Å². The number of aryl methyl sites for hydroxylation is 1. The number of para-hydroxylation sites is 1. The van der Waals surface area contributed by atoms with Crippen molar-refractivity contribution in [1.29, 1.82) is 0 Å². The number of hydrogen-bond donors (Lipinski definition) is 1. The quantitative estimate of drug-likeness (QED) is 0.644. The first-order valence-electron chi connectivity index (χ1n) is 11.4. The molecule has 9 heteroatoms. The summed E-state index contributed by atoms with van der Waals surface area (Å²) in [6, 6.07) is 9.14. The van der Waals surface area contributed by atoms with Gasteiger partial charge in [-0.1, -0.05) is 25.1 Å². The first-order valence-corrected chi connectivity index (χ1v) is 12.2. The zero-order valence-corrected chi connectivity index (χ0v) is 19.4. The van der Waals surface area contributed by atoms with E-state index in [0.717, 1.165) is 35.3 Å². The molecule has 2 aliphatic rings. The molecule has 0 spiro atoms. The van der Waals surface area contributed by atoms with Gasteiger partial charge < -0.3 is 15.1 Å². The predicted octanol–water partition coefficient (Wildman–Crippen LogP) is 2.96. The van der Waals surface area contributed by atoms with E-state index in [4.69, 9.17) is 0 Å². The molecular formula is C24H27N5O3S. The molecule has 8 nitrogen and oxygen atoms in total. The lowest BCUT2D eigenvalue weighted by Crippen LogP contribution is -2.52. The molecule has 3 heterocycles. The summed E-state index contributed by atoms with van der Waals surface area (Å²) in [6.45, 7) is 4.00. The van der Waals surface area contributed by atoms with E-state index in [1.54, 1.807) is 21.1 Å². The van der Waals surface area contributed by atoms with Gasteiger partial charge in [0.05, 0.1) is 11.7 Å². The first-order chi connectivity index (χ1) is 16.0. The van der Waals surface area contributed by atoms with Crippen molar-refractivity contribution < 1.29 is 9.59 Å². The number of benzene rings is 1. The summed E-state index contributed by atoms with van der Waals surface area (Å²) in [5, 5.41) is 3.57. The van der Waals surface area contributed by atoms with Crippen LogP contribution in [0.2, 0.25) is 0 Å². The van der Waals surface area contributed by atoms with Gasteiger partial charge in [0.25, 0.3) is 5.56 Å². The van der Waals surface area contributed by atoms with E-state index in [-0.39, 0.29) is 24.0 Å². The summed E-state index contributed by atoms with van der Waals surface area (Å²) < 4.78 is 1.43. The maximum absolute atomic E-state index is 13.2. The molecule has 1 N–H and O–H groups in total. The summed E-state index contributed by atoms with van der Waals surface area (Å²) >= 11 is 1.61. The number of piperazine rings is 1. The Balaban J connectivity index is 1.23. The van der Waals surface area contributed by atoms with Crippen LogP contribution in [-0.4, -0.2) is 57.5 Å². The third-order valence-electron chi connectivity index (χ3n) is 6.53. The van der Waals surface area contributed by atoms with Crippen LogP contribution in [0.3, 0.4) is 0 Å². The van der Waals surface area contributed by atoms with E-state index < -0.39 is 0 Å². The highest BCUT2D eigenvalue weighted by Crippen LogP contribution is 2.35. The molecule has 1 unspecified atom stereocenters. The third-order valence-corrected chi connectivity index (χ3v) is 7.69. The van der Waals surface area contributed by atoms with Gasteiger partial charge in [0.2, 0.25) is 5.91 Å². The van der Waals surface area contributed by atoms with Crippen LogP contribution < -0.4 is 10.9 Å². The van der Waals surface area contributed by atoms with E-state index in [1.165, 1.54) is 15.8 Å². The molecule has 2 aromatic heterocycles. The molecule has 1 aliphatic heterocycles. The normalized spacial score (nSPS) is 18.3. The summed E-state index contributed by atoms with van der Waals surface area (Å²) in [7, 11) is 0. The number of nitrogens with zero attached hydrogens (tertiary/aromatic N) is 4. The molecule has 3 aromatic rings. The molecule has 0 bridgehead atoms. The van der Waals surface area contributed by atoms with Crippen molar-refractivity contribution in [2.75, 3.05) is 31.5 Å². The zero-order chi connectivity index (χ0) is 22.9. The SMILES string of the molecule is CC1CCc2c(sc3ncn(CC(=O)N4CCN(C(=O)Nc5ccccc5)CC4)c(=O)c23)C1. The van der Waals surface area contributed by atoms with Crippen molar-refractivity contribution in [2.24, 2.45) is 5.92 Å². The van der Waals surface area contributed by atoms with Gasteiger partial charge in [0, 0.05) is 36.7 Å². The second-order valence-electron chi connectivity index (χ2n) is 8.87. The van der Waals surface area contributed by atoms with Crippen molar-refractivity contribution in [3.8, 4) is 0 Å². The maximum Gasteiger partial charge on any atom is 0.321 e. The van der Waals surface area contributed by atoms with E-state index in [1.807, 2.05) is 30.3 Å². The average Bonchev–Trinajstić information content (AvgIpc) is 3.19. The number of urea groups is 1. The van der Waals surface area contributed by atoms with Crippen molar-refractivity contribution in [3.63, 3.8) is 0 Å². The number of fused-ring (bicyclic) bond motifs is 3. The molecule has 3 amide bonds. The summed E-state index contributed by atoms with van der Waals surface area (Å²) in [6.07, 6.45) is 4.47. The molecule has 5 rings (SSSR count). The van der Waals surface area contributed by atoms with Gasteiger partial charge in [-0.2, -0.15) is 0 Å². The molecule has 0 radical (unpaired) electrons. The van der Waals surface area contributed by atoms with Crippen LogP contribution in [0.15, 0.2) is 41.5 Å². The highest BCUT2D eigenvalue weighted by atomic mass is 32.1. The molecular weight excluding hydrogens is 438 g/mol. The van der Waals surface area contributed by atoms with Crippen LogP contribution in [-0.2, 0) is 24.2 Å². The number of thiophene rings is 1. The van der Waals surface area contributed by atoms with E-state index >= 15 is 0 Å². The number of rotatable bonds is 3. The van der Waals surface area contributed by atoms with E-state index in [0.29, 0.717) is 37.5 Å². The summed E-state index contributed by atoms with van der Waals surface area (Å²) in [4.78, 5) is 48.5. The zero-order valence-electron chi connectivity index (χ0n) is 18.6. The minimum atomic E-state index is -0.171. The van der Waals surface area contributed by atoms with Crippen molar-refractivity contribution in [2.45, 2.75) is 32.7 Å². The minimum absolute atomic E-state index is 0.0288. The Morgan fingerprint density at radius 2 is 1.85 bits per heavy atom. The molecule has 1 aromatic carbocycles. The number of carbonyl (C=O) groups excluding carboxylic acids is 2. The fraction of sp³-hybridized carbons (Fsp3) is 0.417. The molecule has 1 atom stereocenters. The Bertz CT molecular complexity index is 1240. The highest BCUT2D eigenvalue weighted by molar-refractivity contribution is 7.18. The minimum Gasteiger partial charge on any atom is -0.338 e. The first kappa shape index (κ1) is 21.6. The lowest BCUT2D eigenvalue weighted by atomic mass is 9.89. The van der Waals surface area contributed by atoms with E-state index in [2.05, 4.69) is 17.2 Å². The van der Waals surface area contributed by atoms with Gasteiger partial charge in [-0.05, 0) is 42.9 Å². The van der Waals surface area contributed by atoms with Crippen molar-refractivity contribution in [3.05, 3.63) is 57.5 Å². The Morgan fingerprint density at radius 3 is 2.61 bits per heavy atom. The molecule has 0 saturated carbocycles. The lowest BCUT2D eigenvalue weighted by molar-refractivity contribution is -0.133. The monoisotopic (exact) mass is 465 g/mol. The Morgan fingerprint density at radius 1 is 1.12 bits per heavy atom. The second-order valence-corrected chi connectivity index (χ2v) is 9.96. The molecule has 1 saturated heterocycles. The van der Waals surface area contributed by atoms with Crippen molar-refractivity contribution >= 4 is 39.2 Å². The van der Waals surface area contributed by atoms with Crippen LogP contribution in [0.1, 0.15) is 23.8 Å². The van der Waals surface area contributed by atoms with Crippen molar-refractivity contribution in [1.82, 2.24) is 19.4 Å². The van der Waals surface area contributed by atoms with Gasteiger partial charge in [-0.15, -0.1) is 11.3 Å². The Labute approximate surface area is 195 Å². The number of carbonyl (C=O) groups is 2. The Hall–Kier alpha value is -3.20. The number of hydrogen-bond acceptors (Lipinski definition) is 5. The molecule has 33 heavy (non-hydrogen) atoms. The van der Waals surface area contributed by atoms with Gasteiger partial charge in [-0.25, -0.2) is 9.78 Å².